The Hall–Kier alpha value is -2.43. The van der Waals surface area contributed by atoms with Gasteiger partial charge in [0.15, 0.2) is 0 Å². The molecule has 1 fully saturated rings. The molecule has 0 radical (unpaired) electrons. The van der Waals surface area contributed by atoms with E-state index in [1.807, 2.05) is 23.7 Å². The van der Waals surface area contributed by atoms with Crippen LogP contribution in [0, 0.1) is 6.92 Å². The van der Waals surface area contributed by atoms with E-state index in [2.05, 4.69) is 23.1 Å². The van der Waals surface area contributed by atoms with Crippen molar-refractivity contribution in [3.05, 3.63) is 42.1 Å². The minimum Gasteiger partial charge on any atom is -0.296 e. The molecule has 1 unspecified atom stereocenters. The van der Waals surface area contributed by atoms with E-state index in [-0.39, 0.29) is 17.7 Å². The highest BCUT2D eigenvalue weighted by Gasteiger charge is 2.31. The van der Waals surface area contributed by atoms with E-state index in [1.54, 1.807) is 6.08 Å². The van der Waals surface area contributed by atoms with Crippen LogP contribution in [0.3, 0.4) is 0 Å². The van der Waals surface area contributed by atoms with Crippen molar-refractivity contribution in [1.82, 2.24) is 15.1 Å². The highest BCUT2D eigenvalue weighted by atomic mass is 16.2. The van der Waals surface area contributed by atoms with E-state index in [0.717, 1.165) is 22.2 Å². The first-order valence-corrected chi connectivity index (χ1v) is 7.02. The number of piperidine rings is 1. The summed E-state index contributed by atoms with van der Waals surface area (Å²) < 4.78 is 1.86. The van der Waals surface area contributed by atoms with Crippen LogP contribution in [0.2, 0.25) is 0 Å². The van der Waals surface area contributed by atoms with Crippen molar-refractivity contribution in [2.75, 3.05) is 0 Å². The molecule has 0 bridgehead atoms. The fraction of sp³-hybridized carbons (Fsp3) is 0.312. The first-order chi connectivity index (χ1) is 10.1. The maximum atomic E-state index is 12.1. The van der Waals surface area contributed by atoms with Gasteiger partial charge in [-0.15, -0.1) is 6.58 Å². The van der Waals surface area contributed by atoms with Gasteiger partial charge in [-0.1, -0.05) is 18.2 Å². The van der Waals surface area contributed by atoms with Crippen LogP contribution < -0.4 is 5.32 Å². The Labute approximate surface area is 122 Å². The van der Waals surface area contributed by atoms with Crippen molar-refractivity contribution in [3.8, 4) is 0 Å². The van der Waals surface area contributed by atoms with Crippen LogP contribution in [0.5, 0.6) is 0 Å². The molecule has 3 rings (SSSR count). The standard InChI is InChI=1S/C16H17N3O2/c1-3-8-19-13-9-10(2)4-5-11(13)15(18-19)12-6-7-14(20)17-16(12)21/h3-5,9,12H,1,6-8H2,2H3,(H,17,20,21). The Kier molecular flexibility index (Phi) is 3.33. The number of nitrogens with zero attached hydrogens (tertiary/aromatic N) is 2. The molecule has 1 atom stereocenters. The number of benzene rings is 1. The van der Waals surface area contributed by atoms with Crippen LogP contribution in [0.4, 0.5) is 0 Å². The average Bonchev–Trinajstić information content (AvgIpc) is 2.77. The maximum absolute atomic E-state index is 12.1. The van der Waals surface area contributed by atoms with E-state index < -0.39 is 0 Å². The summed E-state index contributed by atoms with van der Waals surface area (Å²) >= 11 is 0. The van der Waals surface area contributed by atoms with Crippen molar-refractivity contribution < 1.29 is 9.59 Å². The largest absolute Gasteiger partial charge is 0.296 e. The number of rotatable bonds is 3. The fourth-order valence-electron chi connectivity index (χ4n) is 2.78. The van der Waals surface area contributed by atoms with Gasteiger partial charge in [-0.2, -0.15) is 5.10 Å². The number of allylic oxidation sites excluding steroid dienone is 1. The summed E-state index contributed by atoms with van der Waals surface area (Å²) in [5, 5.41) is 7.96. The van der Waals surface area contributed by atoms with Crippen molar-refractivity contribution in [1.29, 1.82) is 0 Å². The molecule has 1 aliphatic rings. The van der Waals surface area contributed by atoms with Crippen LogP contribution in [0.25, 0.3) is 10.9 Å². The van der Waals surface area contributed by atoms with Gasteiger partial charge < -0.3 is 0 Å². The molecule has 0 saturated carbocycles. The van der Waals surface area contributed by atoms with Gasteiger partial charge in [-0.3, -0.25) is 19.6 Å². The molecule has 5 heteroatoms. The van der Waals surface area contributed by atoms with E-state index in [0.29, 0.717) is 19.4 Å². The Balaban J connectivity index is 2.12. The summed E-state index contributed by atoms with van der Waals surface area (Å²) in [6, 6.07) is 6.06. The van der Waals surface area contributed by atoms with Crippen molar-refractivity contribution in [2.24, 2.45) is 0 Å². The molecular formula is C16H17N3O2. The number of carbonyl (C=O) groups is 2. The molecule has 5 nitrogen and oxygen atoms in total. The van der Waals surface area contributed by atoms with Gasteiger partial charge in [-0.05, 0) is 25.0 Å². The quantitative estimate of drug-likeness (QED) is 0.692. The highest BCUT2D eigenvalue weighted by molar-refractivity contribution is 6.02. The number of hydrogen-bond acceptors (Lipinski definition) is 3. The van der Waals surface area contributed by atoms with Crippen LogP contribution in [-0.2, 0) is 16.1 Å². The Morgan fingerprint density at radius 3 is 3.00 bits per heavy atom. The third-order valence-electron chi connectivity index (χ3n) is 3.81. The topological polar surface area (TPSA) is 64.0 Å². The lowest BCUT2D eigenvalue weighted by Crippen LogP contribution is -2.39. The number of carbonyl (C=O) groups excluding carboxylic acids is 2. The summed E-state index contributed by atoms with van der Waals surface area (Å²) in [6.45, 7) is 6.36. The molecule has 21 heavy (non-hydrogen) atoms. The van der Waals surface area contributed by atoms with E-state index >= 15 is 0 Å². The normalized spacial score (nSPS) is 18.8. The van der Waals surface area contributed by atoms with Gasteiger partial charge in [0.1, 0.15) is 0 Å². The van der Waals surface area contributed by atoms with Crippen LogP contribution in [0.1, 0.15) is 30.0 Å². The molecule has 1 aromatic heterocycles. The summed E-state index contributed by atoms with van der Waals surface area (Å²) in [7, 11) is 0. The van der Waals surface area contributed by atoms with Crippen molar-refractivity contribution >= 4 is 22.7 Å². The molecule has 1 aliphatic heterocycles. The molecule has 2 amide bonds. The second kappa shape index (κ2) is 5.16. The Morgan fingerprint density at radius 2 is 2.29 bits per heavy atom. The van der Waals surface area contributed by atoms with Crippen molar-refractivity contribution in [2.45, 2.75) is 32.2 Å². The molecule has 1 saturated heterocycles. The third kappa shape index (κ3) is 2.35. The van der Waals surface area contributed by atoms with Crippen LogP contribution in [0.15, 0.2) is 30.9 Å². The van der Waals surface area contributed by atoms with Gasteiger partial charge in [0, 0.05) is 11.8 Å². The van der Waals surface area contributed by atoms with E-state index in [1.165, 1.54) is 0 Å². The highest BCUT2D eigenvalue weighted by Crippen LogP contribution is 2.30. The zero-order valence-corrected chi connectivity index (χ0v) is 11.9. The molecule has 108 valence electrons. The first kappa shape index (κ1) is 13.5. The van der Waals surface area contributed by atoms with Crippen molar-refractivity contribution in [3.63, 3.8) is 0 Å². The lowest BCUT2D eigenvalue weighted by Gasteiger charge is -2.19. The summed E-state index contributed by atoms with van der Waals surface area (Å²) in [4.78, 5) is 23.4. The van der Waals surface area contributed by atoms with Crippen LogP contribution >= 0.6 is 0 Å². The fourth-order valence-corrected chi connectivity index (χ4v) is 2.78. The molecule has 2 aromatic rings. The van der Waals surface area contributed by atoms with Gasteiger partial charge in [0.05, 0.1) is 23.7 Å². The zero-order chi connectivity index (χ0) is 15.0. The molecule has 1 aromatic carbocycles. The SMILES string of the molecule is C=CCn1nc(C2CCC(=O)NC2=O)c2ccc(C)cc21. The molecule has 1 N–H and O–H groups in total. The third-order valence-corrected chi connectivity index (χ3v) is 3.81. The van der Waals surface area contributed by atoms with E-state index in [4.69, 9.17) is 0 Å². The summed E-state index contributed by atoms with van der Waals surface area (Å²) in [5.74, 6) is -0.821. The lowest BCUT2D eigenvalue weighted by atomic mass is 9.92. The smallest absolute Gasteiger partial charge is 0.235 e. The second-order valence-electron chi connectivity index (χ2n) is 5.38. The monoisotopic (exact) mass is 283 g/mol. The first-order valence-electron chi connectivity index (χ1n) is 7.02. The number of imide groups is 1. The number of nitrogens with one attached hydrogen (secondary N) is 1. The minimum absolute atomic E-state index is 0.207. The van der Waals surface area contributed by atoms with Gasteiger partial charge in [-0.25, -0.2) is 0 Å². The predicted octanol–water partition coefficient (Wildman–Crippen LogP) is 2.05. The summed E-state index contributed by atoms with van der Waals surface area (Å²) in [6.07, 6.45) is 2.65. The summed E-state index contributed by atoms with van der Waals surface area (Å²) in [5.41, 5.74) is 2.88. The van der Waals surface area contributed by atoms with Gasteiger partial charge in [0.2, 0.25) is 11.8 Å². The number of hydrogen-bond donors (Lipinski definition) is 1. The maximum Gasteiger partial charge on any atom is 0.235 e. The van der Waals surface area contributed by atoms with Gasteiger partial charge in [0.25, 0.3) is 0 Å². The minimum atomic E-state index is -0.362. The molecule has 2 heterocycles. The van der Waals surface area contributed by atoms with Crippen LogP contribution in [-0.4, -0.2) is 21.6 Å². The Morgan fingerprint density at radius 1 is 1.48 bits per heavy atom. The zero-order valence-electron chi connectivity index (χ0n) is 11.9. The Bertz CT molecular complexity index is 745. The van der Waals surface area contributed by atoms with E-state index in [9.17, 15) is 9.59 Å². The second-order valence-corrected chi connectivity index (χ2v) is 5.38. The lowest BCUT2D eigenvalue weighted by molar-refractivity contribution is -0.134. The average molecular weight is 283 g/mol. The van der Waals surface area contributed by atoms with Gasteiger partial charge >= 0.3 is 0 Å². The number of fused-ring (bicyclic) bond motifs is 1. The molecule has 0 aliphatic carbocycles. The number of aromatic nitrogens is 2. The molecule has 0 spiro atoms. The number of amides is 2. The molecular weight excluding hydrogens is 266 g/mol. The number of aryl methyl sites for hydroxylation is 1. The predicted molar refractivity (Wildman–Crippen MR) is 79.8 cm³/mol.